The van der Waals surface area contributed by atoms with E-state index in [2.05, 4.69) is 61.8 Å². The topological polar surface area (TPSA) is 6.48 Å². The van der Waals surface area contributed by atoms with Gasteiger partial charge in [0.1, 0.15) is 0 Å². The summed E-state index contributed by atoms with van der Waals surface area (Å²) in [6.07, 6.45) is 0. The molecule has 1 aliphatic heterocycles. The predicted octanol–water partition coefficient (Wildman–Crippen LogP) is 3.94. The molecule has 1 aliphatic rings. The van der Waals surface area contributed by atoms with Crippen LogP contribution in [0.2, 0.25) is 0 Å². The first kappa shape index (κ1) is 16.0. The first-order valence-corrected chi connectivity index (χ1v) is 7.53. The Hall–Kier alpha value is -1.02. The Morgan fingerprint density at radius 2 is 1.32 bits per heavy atom. The fourth-order valence-corrected chi connectivity index (χ4v) is 2.39. The lowest BCUT2D eigenvalue weighted by Crippen LogP contribution is -2.53. The number of piperazine rings is 1. The molecule has 2 heteroatoms. The Balaban J connectivity index is 0.000000861. The van der Waals surface area contributed by atoms with Gasteiger partial charge in [-0.3, -0.25) is 4.90 Å². The Morgan fingerprint density at radius 3 is 1.74 bits per heavy atom. The second-order valence-electron chi connectivity index (χ2n) is 5.98. The van der Waals surface area contributed by atoms with Gasteiger partial charge in [0.05, 0.1) is 0 Å². The van der Waals surface area contributed by atoms with Crippen molar-refractivity contribution in [1.29, 1.82) is 0 Å². The molecule has 0 spiro atoms. The minimum Gasteiger partial charge on any atom is -0.369 e. The lowest BCUT2D eigenvalue weighted by Gasteiger charge is -2.43. The number of hydrogen-bond acceptors (Lipinski definition) is 2. The predicted molar refractivity (Wildman–Crippen MR) is 86.1 cm³/mol. The van der Waals surface area contributed by atoms with Gasteiger partial charge < -0.3 is 4.90 Å². The average Bonchev–Trinajstić information content (AvgIpc) is 2.41. The molecule has 1 saturated heterocycles. The summed E-state index contributed by atoms with van der Waals surface area (Å²) in [4.78, 5) is 5.05. The van der Waals surface area contributed by atoms with Gasteiger partial charge in [-0.2, -0.15) is 0 Å². The normalized spacial score (nSPS) is 16.8. The highest BCUT2D eigenvalue weighted by Crippen LogP contribution is 2.20. The largest absolute Gasteiger partial charge is 0.369 e. The van der Waals surface area contributed by atoms with E-state index in [1.807, 2.05) is 13.8 Å². The van der Waals surface area contributed by atoms with Crippen LogP contribution in [0.3, 0.4) is 0 Å². The number of benzene rings is 1. The van der Waals surface area contributed by atoms with E-state index in [-0.39, 0.29) is 0 Å². The van der Waals surface area contributed by atoms with Crippen LogP contribution in [-0.2, 0) is 0 Å². The fourth-order valence-electron chi connectivity index (χ4n) is 2.39. The number of rotatable bonds is 1. The number of nitrogens with zero attached hydrogens (tertiary/aromatic N) is 2. The van der Waals surface area contributed by atoms with Crippen molar-refractivity contribution in [3.05, 3.63) is 29.8 Å². The van der Waals surface area contributed by atoms with Crippen molar-refractivity contribution in [3.8, 4) is 0 Å². The maximum absolute atomic E-state index is 2.57. The summed E-state index contributed by atoms with van der Waals surface area (Å²) in [5.74, 6) is 0. The Kier molecular flexibility index (Phi) is 5.86. The third-order valence-electron chi connectivity index (χ3n) is 3.63. The molecule has 1 fully saturated rings. The van der Waals surface area contributed by atoms with Gasteiger partial charge in [-0.25, -0.2) is 0 Å². The summed E-state index contributed by atoms with van der Waals surface area (Å²) < 4.78 is 0. The average molecular weight is 262 g/mol. The minimum absolute atomic E-state index is 0.305. The van der Waals surface area contributed by atoms with E-state index in [1.54, 1.807) is 0 Å². The zero-order chi connectivity index (χ0) is 14.5. The number of aryl methyl sites for hydroxylation is 1. The molecular formula is C17H30N2. The van der Waals surface area contributed by atoms with Crippen LogP contribution >= 0.6 is 0 Å². The Morgan fingerprint density at radius 1 is 0.842 bits per heavy atom. The zero-order valence-electron chi connectivity index (χ0n) is 13.5. The quantitative estimate of drug-likeness (QED) is 0.756. The molecule has 0 aliphatic carbocycles. The van der Waals surface area contributed by atoms with Crippen molar-refractivity contribution in [2.75, 3.05) is 31.1 Å². The molecule has 0 aromatic heterocycles. The minimum atomic E-state index is 0.305. The first-order chi connectivity index (χ1) is 8.97. The van der Waals surface area contributed by atoms with Crippen LogP contribution in [-0.4, -0.2) is 36.6 Å². The molecule has 1 aromatic carbocycles. The Bertz CT molecular complexity index is 354. The molecule has 2 rings (SSSR count). The second kappa shape index (κ2) is 6.95. The molecule has 0 N–H and O–H groups in total. The van der Waals surface area contributed by atoms with Gasteiger partial charge >= 0.3 is 0 Å². The highest BCUT2D eigenvalue weighted by molar-refractivity contribution is 5.47. The molecule has 0 unspecified atom stereocenters. The van der Waals surface area contributed by atoms with Crippen LogP contribution in [0, 0.1) is 6.92 Å². The Labute approximate surface area is 119 Å². The van der Waals surface area contributed by atoms with Crippen LogP contribution in [0.4, 0.5) is 5.69 Å². The van der Waals surface area contributed by atoms with E-state index in [0.717, 1.165) is 26.2 Å². The third kappa shape index (κ3) is 4.54. The smallest absolute Gasteiger partial charge is 0.0367 e. The summed E-state index contributed by atoms with van der Waals surface area (Å²) in [6, 6.07) is 8.88. The van der Waals surface area contributed by atoms with Crippen LogP contribution in [0.1, 0.15) is 40.2 Å². The summed E-state index contributed by atoms with van der Waals surface area (Å²) >= 11 is 0. The second-order valence-corrected chi connectivity index (χ2v) is 5.98. The molecule has 19 heavy (non-hydrogen) atoms. The zero-order valence-corrected chi connectivity index (χ0v) is 13.5. The maximum Gasteiger partial charge on any atom is 0.0367 e. The van der Waals surface area contributed by atoms with Gasteiger partial charge in [0.15, 0.2) is 0 Å². The molecule has 0 saturated carbocycles. The summed E-state index contributed by atoms with van der Waals surface area (Å²) in [5.41, 5.74) is 3.01. The molecule has 108 valence electrons. The van der Waals surface area contributed by atoms with Crippen molar-refractivity contribution in [2.45, 2.75) is 47.1 Å². The van der Waals surface area contributed by atoms with Gasteiger partial charge in [-0.1, -0.05) is 31.5 Å². The maximum atomic E-state index is 2.57. The van der Waals surface area contributed by atoms with Gasteiger partial charge in [0, 0.05) is 37.4 Å². The SMILES string of the molecule is CC.Cc1ccc(N2CCN(C(C)(C)C)CC2)cc1. The van der Waals surface area contributed by atoms with E-state index in [4.69, 9.17) is 0 Å². The molecule has 0 atom stereocenters. The summed E-state index contributed by atoms with van der Waals surface area (Å²) in [6.45, 7) is 17.6. The molecule has 0 amide bonds. The van der Waals surface area contributed by atoms with Crippen LogP contribution < -0.4 is 4.90 Å². The fraction of sp³-hybridized carbons (Fsp3) is 0.647. The van der Waals surface area contributed by atoms with Gasteiger partial charge in [0.2, 0.25) is 0 Å². The molecule has 1 aromatic rings. The lowest BCUT2D eigenvalue weighted by atomic mass is 10.0. The third-order valence-corrected chi connectivity index (χ3v) is 3.63. The van der Waals surface area contributed by atoms with E-state index < -0.39 is 0 Å². The van der Waals surface area contributed by atoms with Gasteiger partial charge in [-0.05, 0) is 39.8 Å². The van der Waals surface area contributed by atoms with Gasteiger partial charge in [0.25, 0.3) is 0 Å². The monoisotopic (exact) mass is 262 g/mol. The number of anilines is 1. The van der Waals surface area contributed by atoms with E-state index >= 15 is 0 Å². The van der Waals surface area contributed by atoms with Crippen molar-refractivity contribution in [1.82, 2.24) is 4.90 Å². The number of hydrogen-bond donors (Lipinski definition) is 0. The van der Waals surface area contributed by atoms with Crippen LogP contribution in [0.15, 0.2) is 24.3 Å². The highest BCUT2D eigenvalue weighted by Gasteiger charge is 2.25. The molecular weight excluding hydrogens is 232 g/mol. The van der Waals surface area contributed by atoms with Crippen molar-refractivity contribution >= 4 is 5.69 Å². The van der Waals surface area contributed by atoms with Crippen molar-refractivity contribution in [2.24, 2.45) is 0 Å². The lowest BCUT2D eigenvalue weighted by molar-refractivity contribution is 0.128. The van der Waals surface area contributed by atoms with Gasteiger partial charge in [-0.15, -0.1) is 0 Å². The summed E-state index contributed by atoms with van der Waals surface area (Å²) in [7, 11) is 0. The first-order valence-electron chi connectivity index (χ1n) is 7.53. The van der Waals surface area contributed by atoms with E-state index in [0.29, 0.717) is 5.54 Å². The highest BCUT2D eigenvalue weighted by atomic mass is 15.3. The molecule has 0 bridgehead atoms. The van der Waals surface area contributed by atoms with E-state index in [1.165, 1.54) is 11.3 Å². The molecule has 2 nitrogen and oxygen atoms in total. The van der Waals surface area contributed by atoms with E-state index in [9.17, 15) is 0 Å². The molecule has 0 radical (unpaired) electrons. The van der Waals surface area contributed by atoms with Crippen LogP contribution in [0.5, 0.6) is 0 Å². The van der Waals surface area contributed by atoms with Crippen molar-refractivity contribution < 1.29 is 0 Å². The summed E-state index contributed by atoms with van der Waals surface area (Å²) in [5, 5.41) is 0. The van der Waals surface area contributed by atoms with Crippen molar-refractivity contribution in [3.63, 3.8) is 0 Å². The molecule has 1 heterocycles. The van der Waals surface area contributed by atoms with Crippen LogP contribution in [0.25, 0.3) is 0 Å². The standard InChI is InChI=1S/C15H24N2.C2H6/c1-13-5-7-14(8-6-13)16-9-11-17(12-10-16)15(2,3)4;1-2/h5-8H,9-12H2,1-4H3;1-2H3.